The Balaban J connectivity index is 2.19. The third kappa shape index (κ3) is 2.74. The van der Waals surface area contributed by atoms with Crippen molar-refractivity contribution in [1.29, 1.82) is 0 Å². The summed E-state index contributed by atoms with van der Waals surface area (Å²) in [4.78, 5) is 0. The van der Waals surface area contributed by atoms with Crippen molar-refractivity contribution in [2.75, 3.05) is 31.0 Å². The number of aromatic hydroxyl groups is 1. The first kappa shape index (κ1) is 13.1. The monoisotopic (exact) mass is 272 g/mol. The molecule has 1 aliphatic rings. The van der Waals surface area contributed by atoms with Gasteiger partial charge in [0.25, 0.3) is 0 Å². The number of benzene rings is 1. The molecule has 7 heteroatoms. The standard InChI is InChI=1S/C11H16N2O4S/c1-9-3-2-4-10(11(9)14)12-18(15,16)13-5-7-17-8-6-13/h2-4,12,14H,5-8H2,1H3. The molecule has 0 unspecified atom stereocenters. The molecular weight excluding hydrogens is 256 g/mol. The van der Waals surface area contributed by atoms with E-state index in [0.717, 1.165) is 0 Å². The van der Waals surface area contributed by atoms with Crippen LogP contribution in [0, 0.1) is 6.92 Å². The van der Waals surface area contributed by atoms with E-state index >= 15 is 0 Å². The third-order valence-corrected chi connectivity index (χ3v) is 4.31. The number of hydrogen-bond acceptors (Lipinski definition) is 4. The maximum absolute atomic E-state index is 12.1. The lowest BCUT2D eigenvalue weighted by atomic mass is 10.2. The van der Waals surface area contributed by atoms with Gasteiger partial charge in [0.1, 0.15) is 5.75 Å². The maximum atomic E-state index is 12.1. The largest absolute Gasteiger partial charge is 0.505 e. The molecule has 2 N–H and O–H groups in total. The summed E-state index contributed by atoms with van der Waals surface area (Å²) >= 11 is 0. The lowest BCUT2D eigenvalue weighted by Gasteiger charge is -2.26. The number of nitrogens with zero attached hydrogens (tertiary/aromatic N) is 1. The highest BCUT2D eigenvalue weighted by Gasteiger charge is 2.25. The SMILES string of the molecule is Cc1cccc(NS(=O)(=O)N2CCOCC2)c1O. The molecule has 0 atom stereocenters. The zero-order valence-corrected chi connectivity index (χ0v) is 10.9. The second-order valence-electron chi connectivity index (χ2n) is 4.09. The first-order valence-corrected chi connectivity index (χ1v) is 7.09. The van der Waals surface area contributed by atoms with E-state index < -0.39 is 10.2 Å². The molecule has 1 saturated heterocycles. The summed E-state index contributed by atoms with van der Waals surface area (Å²) in [5.41, 5.74) is 0.818. The number of phenols is 1. The van der Waals surface area contributed by atoms with Crippen molar-refractivity contribution in [1.82, 2.24) is 4.31 Å². The van der Waals surface area contributed by atoms with Crippen molar-refractivity contribution in [3.63, 3.8) is 0 Å². The number of ether oxygens (including phenoxy) is 1. The van der Waals surface area contributed by atoms with Gasteiger partial charge in [-0.2, -0.15) is 12.7 Å². The molecule has 1 aromatic carbocycles. The number of rotatable bonds is 3. The van der Waals surface area contributed by atoms with Crippen molar-refractivity contribution in [2.45, 2.75) is 6.92 Å². The van der Waals surface area contributed by atoms with Crippen molar-refractivity contribution in [3.8, 4) is 5.75 Å². The summed E-state index contributed by atoms with van der Waals surface area (Å²) in [6, 6.07) is 4.93. The molecule has 6 nitrogen and oxygen atoms in total. The van der Waals surface area contributed by atoms with Crippen LogP contribution in [-0.2, 0) is 14.9 Å². The lowest BCUT2D eigenvalue weighted by Crippen LogP contribution is -2.43. The first-order chi connectivity index (χ1) is 8.50. The van der Waals surface area contributed by atoms with Gasteiger partial charge in [-0.25, -0.2) is 0 Å². The minimum atomic E-state index is -3.63. The van der Waals surface area contributed by atoms with Crippen molar-refractivity contribution >= 4 is 15.9 Å². The Morgan fingerprint density at radius 3 is 2.67 bits per heavy atom. The van der Waals surface area contributed by atoms with Gasteiger partial charge in [0, 0.05) is 13.1 Å². The number of hydrogen-bond donors (Lipinski definition) is 2. The lowest BCUT2D eigenvalue weighted by molar-refractivity contribution is 0.0733. The molecule has 0 saturated carbocycles. The molecular formula is C11H16N2O4S. The number of morpholine rings is 1. The Morgan fingerprint density at radius 1 is 1.33 bits per heavy atom. The summed E-state index contributed by atoms with van der Waals surface area (Å²) in [6.07, 6.45) is 0. The van der Waals surface area contributed by atoms with Crippen LogP contribution in [0.15, 0.2) is 18.2 Å². The van der Waals surface area contributed by atoms with Crippen molar-refractivity contribution in [3.05, 3.63) is 23.8 Å². The van der Waals surface area contributed by atoms with Gasteiger partial charge in [0.2, 0.25) is 0 Å². The zero-order valence-electron chi connectivity index (χ0n) is 10.1. The van der Waals surface area contributed by atoms with Crippen LogP contribution in [0.1, 0.15) is 5.56 Å². The Kier molecular flexibility index (Phi) is 3.74. The molecule has 0 bridgehead atoms. The van der Waals surface area contributed by atoms with E-state index in [9.17, 15) is 13.5 Å². The van der Waals surface area contributed by atoms with E-state index in [1.54, 1.807) is 19.1 Å². The second kappa shape index (κ2) is 5.13. The van der Waals surface area contributed by atoms with Gasteiger partial charge in [-0.1, -0.05) is 12.1 Å². The molecule has 18 heavy (non-hydrogen) atoms. The highest BCUT2D eigenvalue weighted by molar-refractivity contribution is 7.90. The van der Waals surface area contributed by atoms with Crippen LogP contribution < -0.4 is 4.72 Å². The molecule has 1 heterocycles. The minimum absolute atomic E-state index is 0.0469. The average Bonchev–Trinajstić information content (AvgIpc) is 2.36. The van der Waals surface area contributed by atoms with E-state index in [0.29, 0.717) is 31.9 Å². The van der Waals surface area contributed by atoms with E-state index in [-0.39, 0.29) is 11.4 Å². The molecule has 1 aromatic rings. The Hall–Kier alpha value is -1.31. The summed E-state index contributed by atoms with van der Waals surface area (Å²) in [5, 5.41) is 9.79. The van der Waals surface area contributed by atoms with E-state index in [1.165, 1.54) is 10.4 Å². The van der Waals surface area contributed by atoms with Gasteiger partial charge in [-0.05, 0) is 18.6 Å². The van der Waals surface area contributed by atoms with Gasteiger partial charge >= 0.3 is 10.2 Å². The molecule has 0 spiro atoms. The van der Waals surface area contributed by atoms with Gasteiger partial charge in [0.05, 0.1) is 18.9 Å². The van der Waals surface area contributed by atoms with E-state index in [1.807, 2.05) is 0 Å². The summed E-state index contributed by atoms with van der Waals surface area (Å²) < 4.78 is 32.9. The highest BCUT2D eigenvalue weighted by Crippen LogP contribution is 2.27. The fourth-order valence-corrected chi connectivity index (χ4v) is 2.93. The topological polar surface area (TPSA) is 78.9 Å². The number of para-hydroxylation sites is 1. The molecule has 1 aliphatic heterocycles. The molecule has 0 aliphatic carbocycles. The van der Waals surface area contributed by atoms with Crippen LogP contribution in [-0.4, -0.2) is 44.1 Å². The Labute approximate surface area is 106 Å². The van der Waals surface area contributed by atoms with Gasteiger partial charge in [-0.15, -0.1) is 0 Å². The number of aryl methyl sites for hydroxylation is 1. The fraction of sp³-hybridized carbons (Fsp3) is 0.455. The van der Waals surface area contributed by atoms with E-state index in [2.05, 4.69) is 4.72 Å². The van der Waals surface area contributed by atoms with E-state index in [4.69, 9.17) is 4.74 Å². The number of nitrogens with one attached hydrogen (secondary N) is 1. The van der Waals surface area contributed by atoms with Crippen LogP contribution >= 0.6 is 0 Å². The minimum Gasteiger partial charge on any atom is -0.505 e. The van der Waals surface area contributed by atoms with Gasteiger partial charge in [-0.3, -0.25) is 4.72 Å². The second-order valence-corrected chi connectivity index (χ2v) is 5.76. The predicted octanol–water partition coefficient (Wildman–Crippen LogP) is 0.690. The van der Waals surface area contributed by atoms with Crippen molar-refractivity contribution in [2.24, 2.45) is 0 Å². The van der Waals surface area contributed by atoms with Crippen LogP contribution in [0.4, 0.5) is 5.69 Å². The van der Waals surface area contributed by atoms with Crippen LogP contribution in [0.25, 0.3) is 0 Å². The molecule has 2 rings (SSSR count). The summed E-state index contributed by atoms with van der Waals surface area (Å²) in [7, 11) is -3.63. The molecule has 0 amide bonds. The van der Waals surface area contributed by atoms with Crippen LogP contribution in [0.5, 0.6) is 5.75 Å². The Morgan fingerprint density at radius 2 is 2.00 bits per heavy atom. The van der Waals surface area contributed by atoms with Gasteiger partial charge < -0.3 is 9.84 Å². The quantitative estimate of drug-likeness (QED) is 0.793. The maximum Gasteiger partial charge on any atom is 0.301 e. The van der Waals surface area contributed by atoms with Crippen molar-refractivity contribution < 1.29 is 18.3 Å². The first-order valence-electron chi connectivity index (χ1n) is 5.65. The zero-order chi connectivity index (χ0) is 13.2. The highest BCUT2D eigenvalue weighted by atomic mass is 32.2. The molecule has 1 fully saturated rings. The van der Waals surface area contributed by atoms with Crippen LogP contribution in [0.2, 0.25) is 0 Å². The fourth-order valence-electron chi connectivity index (χ4n) is 1.73. The number of phenolic OH excluding ortho intramolecular Hbond substituents is 1. The van der Waals surface area contributed by atoms with Gasteiger partial charge in [0.15, 0.2) is 0 Å². The average molecular weight is 272 g/mol. The van der Waals surface area contributed by atoms with Crippen LogP contribution in [0.3, 0.4) is 0 Å². The molecule has 0 radical (unpaired) electrons. The molecule has 100 valence electrons. The number of anilines is 1. The Bertz CT molecular complexity index is 524. The summed E-state index contributed by atoms with van der Waals surface area (Å²) in [6.45, 7) is 3.13. The predicted molar refractivity (Wildman–Crippen MR) is 67.8 cm³/mol. The summed E-state index contributed by atoms with van der Waals surface area (Å²) in [5.74, 6) is -0.0469. The molecule has 0 aromatic heterocycles. The smallest absolute Gasteiger partial charge is 0.301 e. The normalized spacial score (nSPS) is 17.6. The third-order valence-electron chi connectivity index (χ3n) is 2.79.